The van der Waals surface area contributed by atoms with Crippen molar-refractivity contribution in [2.45, 2.75) is 71.1 Å². The summed E-state index contributed by atoms with van der Waals surface area (Å²) in [4.78, 5) is 48.4. The normalized spacial score (nSPS) is 19.2. The van der Waals surface area contributed by atoms with E-state index >= 15 is 0 Å². The fourth-order valence-corrected chi connectivity index (χ4v) is 7.53. The molecule has 0 radical (unpaired) electrons. The summed E-state index contributed by atoms with van der Waals surface area (Å²) in [6, 6.07) is 14.4. The van der Waals surface area contributed by atoms with Crippen molar-refractivity contribution in [2.75, 3.05) is 64.2 Å². The van der Waals surface area contributed by atoms with Gasteiger partial charge in [-0.3, -0.25) is 9.69 Å². The van der Waals surface area contributed by atoms with Crippen LogP contribution >= 0.6 is 15.9 Å². The number of fused-ring (bicyclic) bond motifs is 1. The van der Waals surface area contributed by atoms with E-state index in [2.05, 4.69) is 51.4 Å². The average Bonchev–Trinajstić information content (AvgIpc) is 3.22. The number of para-hydroxylation sites is 1. The lowest BCUT2D eigenvalue weighted by atomic mass is 10.0. The number of nitrogens with zero attached hydrogens (tertiary/aromatic N) is 4. The Kier molecular flexibility index (Phi) is 12.0. The Morgan fingerprint density at radius 1 is 1.02 bits per heavy atom. The maximum atomic E-state index is 13.9. The van der Waals surface area contributed by atoms with Crippen molar-refractivity contribution in [3.63, 3.8) is 0 Å². The van der Waals surface area contributed by atoms with Crippen molar-refractivity contribution in [3.8, 4) is 0 Å². The zero-order chi connectivity index (χ0) is 32.6. The molecule has 0 aliphatic carbocycles. The van der Waals surface area contributed by atoms with Crippen molar-refractivity contribution in [1.29, 1.82) is 0 Å². The summed E-state index contributed by atoms with van der Waals surface area (Å²) in [5, 5.41) is 6.45. The highest BCUT2D eigenvalue weighted by atomic mass is 79.9. The van der Waals surface area contributed by atoms with Crippen LogP contribution in [0.3, 0.4) is 0 Å². The highest BCUT2D eigenvalue weighted by molar-refractivity contribution is 9.10. The van der Waals surface area contributed by atoms with Gasteiger partial charge < -0.3 is 30.1 Å². The SMILES string of the molecule is CCNCCC(C)N1CCN(C(=O)[C@@H](Cc2cc(C)cc(Br)c2)OC(=O)N2CCC(N3CCc4ccccc4NC3=O)CC2)CC1. The standard InChI is InChI=1S/C35H49BrN6O4/c1-4-37-13-9-26(3)39-17-19-40(20-18-39)33(43)32(24-27-21-25(2)22-29(36)23-27)46-35(45)41-14-11-30(12-15-41)42-16-10-28-7-5-6-8-31(28)38-34(42)44/h5-8,21-23,26,30,32,37H,4,9-20,24H2,1-3H3,(H,38,44)/t26?,32-/m1/s1. The summed E-state index contributed by atoms with van der Waals surface area (Å²) in [5.41, 5.74) is 4.02. The molecule has 2 fully saturated rings. The van der Waals surface area contributed by atoms with Gasteiger partial charge in [0.1, 0.15) is 0 Å². The summed E-state index contributed by atoms with van der Waals surface area (Å²) in [6.07, 6.45) is 2.12. The molecule has 3 aliphatic rings. The number of halogens is 1. The van der Waals surface area contributed by atoms with Crippen LogP contribution in [0.4, 0.5) is 15.3 Å². The van der Waals surface area contributed by atoms with Gasteiger partial charge in [-0.1, -0.05) is 47.1 Å². The minimum Gasteiger partial charge on any atom is -0.436 e. The van der Waals surface area contributed by atoms with Crippen molar-refractivity contribution in [1.82, 2.24) is 24.9 Å². The maximum absolute atomic E-state index is 13.9. The number of anilines is 1. The smallest absolute Gasteiger partial charge is 0.410 e. The van der Waals surface area contributed by atoms with Crippen LogP contribution in [-0.2, 0) is 22.4 Å². The molecule has 250 valence electrons. The van der Waals surface area contributed by atoms with Crippen LogP contribution < -0.4 is 10.6 Å². The Morgan fingerprint density at radius 2 is 1.76 bits per heavy atom. The van der Waals surface area contributed by atoms with Gasteiger partial charge in [-0.15, -0.1) is 0 Å². The van der Waals surface area contributed by atoms with E-state index in [1.54, 1.807) is 4.90 Å². The molecular weight excluding hydrogens is 648 g/mol. The summed E-state index contributed by atoms with van der Waals surface area (Å²) in [6.45, 7) is 12.8. The number of benzene rings is 2. The van der Waals surface area contributed by atoms with Gasteiger partial charge in [0, 0.05) is 74.5 Å². The molecule has 10 nitrogen and oxygen atoms in total. The second-order valence-electron chi connectivity index (χ2n) is 12.8. The van der Waals surface area contributed by atoms with Crippen LogP contribution in [0.25, 0.3) is 0 Å². The van der Waals surface area contributed by atoms with E-state index in [0.29, 0.717) is 58.0 Å². The summed E-state index contributed by atoms with van der Waals surface area (Å²) in [5.74, 6) is -0.137. The van der Waals surface area contributed by atoms with Gasteiger partial charge in [-0.2, -0.15) is 0 Å². The number of nitrogens with one attached hydrogen (secondary N) is 2. The van der Waals surface area contributed by atoms with Crippen molar-refractivity contribution in [3.05, 3.63) is 63.6 Å². The lowest BCUT2D eigenvalue weighted by Gasteiger charge is -2.40. The number of likely N-dealkylation sites (tertiary alicyclic amines) is 1. The molecule has 3 heterocycles. The molecule has 2 N–H and O–H groups in total. The quantitative estimate of drug-likeness (QED) is 0.344. The third-order valence-corrected chi connectivity index (χ3v) is 10.0. The van der Waals surface area contributed by atoms with E-state index in [9.17, 15) is 14.4 Å². The van der Waals surface area contributed by atoms with Gasteiger partial charge in [0.25, 0.3) is 5.91 Å². The van der Waals surface area contributed by atoms with E-state index in [0.717, 1.165) is 65.9 Å². The van der Waals surface area contributed by atoms with Gasteiger partial charge in [0.15, 0.2) is 6.10 Å². The Labute approximate surface area is 281 Å². The lowest BCUT2D eigenvalue weighted by Crippen LogP contribution is -2.55. The monoisotopic (exact) mass is 696 g/mol. The zero-order valence-corrected chi connectivity index (χ0v) is 29.1. The number of rotatable bonds is 10. The number of amides is 4. The number of carbonyl (C=O) groups is 3. The number of piperidine rings is 1. The Bertz CT molecular complexity index is 1340. The number of piperazine rings is 1. The Morgan fingerprint density at radius 3 is 2.48 bits per heavy atom. The molecule has 2 atom stereocenters. The average molecular weight is 698 g/mol. The first-order valence-corrected chi connectivity index (χ1v) is 17.6. The van der Waals surface area contributed by atoms with Gasteiger partial charge in [-0.25, -0.2) is 9.59 Å². The van der Waals surface area contributed by atoms with Crippen LogP contribution in [0.5, 0.6) is 0 Å². The van der Waals surface area contributed by atoms with E-state index in [4.69, 9.17) is 4.74 Å². The summed E-state index contributed by atoms with van der Waals surface area (Å²) < 4.78 is 6.99. The van der Waals surface area contributed by atoms with Crippen molar-refractivity contribution in [2.24, 2.45) is 0 Å². The van der Waals surface area contributed by atoms with Gasteiger partial charge in [0.05, 0.1) is 0 Å². The van der Waals surface area contributed by atoms with Crippen LogP contribution in [0, 0.1) is 6.92 Å². The predicted octanol–water partition coefficient (Wildman–Crippen LogP) is 4.89. The first-order valence-electron chi connectivity index (χ1n) is 16.8. The number of aryl methyl sites for hydroxylation is 1. The number of urea groups is 1. The minimum absolute atomic E-state index is 0.0388. The third-order valence-electron chi connectivity index (χ3n) is 9.59. The van der Waals surface area contributed by atoms with Crippen molar-refractivity contribution < 1.29 is 19.1 Å². The second-order valence-corrected chi connectivity index (χ2v) is 13.7. The third kappa shape index (κ3) is 8.80. The zero-order valence-electron chi connectivity index (χ0n) is 27.5. The number of hydrogen-bond acceptors (Lipinski definition) is 6. The van der Waals surface area contributed by atoms with Gasteiger partial charge in [-0.05, 0) is 87.5 Å². The van der Waals surface area contributed by atoms with Crippen LogP contribution in [0.15, 0.2) is 46.9 Å². The Balaban J connectivity index is 1.19. The number of ether oxygens (including phenoxy) is 1. The maximum Gasteiger partial charge on any atom is 0.410 e. The Hall–Kier alpha value is -3.15. The van der Waals surface area contributed by atoms with Crippen LogP contribution in [0.1, 0.15) is 49.8 Å². The van der Waals surface area contributed by atoms with E-state index in [-0.39, 0.29) is 18.0 Å². The number of hydrogen-bond donors (Lipinski definition) is 2. The highest BCUT2D eigenvalue weighted by Crippen LogP contribution is 2.25. The van der Waals surface area contributed by atoms with Crippen molar-refractivity contribution >= 4 is 39.6 Å². The molecule has 1 unspecified atom stereocenters. The molecule has 0 bridgehead atoms. The molecule has 0 aromatic heterocycles. The lowest BCUT2D eigenvalue weighted by molar-refractivity contribution is -0.143. The fourth-order valence-electron chi connectivity index (χ4n) is 6.87. The molecule has 4 amide bonds. The van der Waals surface area contributed by atoms with E-state index in [1.165, 1.54) is 0 Å². The predicted molar refractivity (Wildman–Crippen MR) is 184 cm³/mol. The molecular formula is C35H49BrN6O4. The first kappa shape index (κ1) is 34.2. The fraction of sp³-hybridized carbons (Fsp3) is 0.571. The second kappa shape index (κ2) is 16.1. The van der Waals surface area contributed by atoms with Gasteiger partial charge >= 0.3 is 12.1 Å². The largest absolute Gasteiger partial charge is 0.436 e. The topological polar surface area (TPSA) is 97.5 Å². The van der Waals surface area contributed by atoms with E-state index < -0.39 is 12.2 Å². The van der Waals surface area contributed by atoms with Crippen LogP contribution in [-0.4, -0.2) is 115 Å². The summed E-state index contributed by atoms with van der Waals surface area (Å²) in [7, 11) is 0. The van der Waals surface area contributed by atoms with E-state index in [1.807, 2.05) is 53.1 Å². The molecule has 2 aromatic carbocycles. The number of carbonyl (C=O) groups excluding carboxylic acids is 3. The molecule has 0 saturated carbocycles. The molecule has 2 saturated heterocycles. The first-order chi connectivity index (χ1) is 22.2. The highest BCUT2D eigenvalue weighted by Gasteiger charge is 2.35. The van der Waals surface area contributed by atoms with Crippen LogP contribution in [0.2, 0.25) is 0 Å². The molecule has 2 aromatic rings. The van der Waals surface area contributed by atoms with Gasteiger partial charge in [0.2, 0.25) is 0 Å². The molecule has 5 rings (SSSR count). The molecule has 0 spiro atoms. The minimum atomic E-state index is -0.911. The molecule has 11 heteroatoms. The summed E-state index contributed by atoms with van der Waals surface area (Å²) >= 11 is 3.57. The molecule has 46 heavy (non-hydrogen) atoms. The molecule has 3 aliphatic heterocycles.